The van der Waals surface area contributed by atoms with E-state index in [1.807, 2.05) is 6.92 Å². The van der Waals surface area contributed by atoms with Crippen molar-refractivity contribution in [3.63, 3.8) is 0 Å². The zero-order valence-electron chi connectivity index (χ0n) is 10.1. The molecule has 0 aliphatic carbocycles. The molecule has 0 aromatic heterocycles. The van der Waals surface area contributed by atoms with Gasteiger partial charge in [-0.15, -0.1) is 0 Å². The van der Waals surface area contributed by atoms with Crippen LogP contribution in [0.25, 0.3) is 0 Å². The lowest BCUT2D eigenvalue weighted by Crippen LogP contribution is -2.17. The fraction of sp³-hybridized carbons (Fsp3) is 0.417. The van der Waals surface area contributed by atoms with E-state index in [1.165, 1.54) is 0 Å². The predicted molar refractivity (Wildman–Crippen MR) is 80.7 cm³/mol. The van der Waals surface area contributed by atoms with E-state index in [4.69, 9.17) is 28.9 Å². The van der Waals surface area contributed by atoms with Gasteiger partial charge in [0.05, 0.1) is 15.8 Å². The van der Waals surface area contributed by atoms with Crippen LogP contribution >= 0.6 is 35.0 Å². The third-order valence-corrected chi connectivity index (χ3v) is 3.88. The zero-order chi connectivity index (χ0) is 13.5. The van der Waals surface area contributed by atoms with Gasteiger partial charge in [0.15, 0.2) is 0 Å². The largest absolute Gasteiger partial charge is 0.328 e. The van der Waals surface area contributed by atoms with Crippen molar-refractivity contribution < 1.29 is 4.79 Å². The highest BCUT2D eigenvalue weighted by Gasteiger charge is 2.05. The summed E-state index contributed by atoms with van der Waals surface area (Å²) in [7, 11) is 0. The molecular weight excluding hydrogens is 291 g/mol. The van der Waals surface area contributed by atoms with Crippen LogP contribution in [0.1, 0.15) is 13.3 Å². The molecule has 0 bridgehead atoms. The van der Waals surface area contributed by atoms with Crippen molar-refractivity contribution in [2.75, 3.05) is 16.8 Å². The minimum atomic E-state index is -0.0527. The molecule has 0 fully saturated rings. The minimum Gasteiger partial charge on any atom is -0.328 e. The monoisotopic (exact) mass is 306 g/mol. The van der Waals surface area contributed by atoms with Gasteiger partial charge in [0.1, 0.15) is 0 Å². The molecule has 0 saturated heterocycles. The molecule has 1 atom stereocenters. The van der Waals surface area contributed by atoms with Crippen molar-refractivity contribution in [1.29, 1.82) is 0 Å². The Hall–Kier alpha value is -0.420. The molecule has 0 spiro atoms. The highest BCUT2D eigenvalue weighted by Crippen LogP contribution is 2.25. The smallest absolute Gasteiger partial charge is 0.234 e. The van der Waals surface area contributed by atoms with Crippen LogP contribution in [0.4, 0.5) is 5.69 Å². The van der Waals surface area contributed by atoms with Gasteiger partial charge in [-0.1, -0.05) is 23.2 Å². The van der Waals surface area contributed by atoms with Crippen molar-refractivity contribution >= 4 is 46.6 Å². The average Bonchev–Trinajstić information content (AvgIpc) is 2.29. The highest BCUT2D eigenvalue weighted by atomic mass is 35.5. The summed E-state index contributed by atoms with van der Waals surface area (Å²) >= 11 is 13.2. The number of benzene rings is 1. The van der Waals surface area contributed by atoms with Gasteiger partial charge in [0, 0.05) is 11.7 Å². The third-order valence-electron chi connectivity index (χ3n) is 2.15. The Balaban J connectivity index is 2.33. The Morgan fingerprint density at radius 1 is 1.44 bits per heavy atom. The van der Waals surface area contributed by atoms with Crippen molar-refractivity contribution in [3.05, 3.63) is 28.2 Å². The number of thioether (sulfide) groups is 1. The molecule has 1 rings (SSSR count). The Morgan fingerprint density at radius 3 is 2.78 bits per heavy atom. The van der Waals surface area contributed by atoms with Crippen LogP contribution in [-0.4, -0.2) is 23.5 Å². The highest BCUT2D eigenvalue weighted by molar-refractivity contribution is 7.99. The molecule has 1 unspecified atom stereocenters. The molecule has 0 aliphatic heterocycles. The Morgan fingerprint density at radius 2 is 2.17 bits per heavy atom. The topological polar surface area (TPSA) is 55.1 Å². The van der Waals surface area contributed by atoms with E-state index in [-0.39, 0.29) is 11.9 Å². The normalized spacial score (nSPS) is 12.2. The molecule has 1 aromatic carbocycles. The maximum Gasteiger partial charge on any atom is 0.234 e. The number of carbonyl (C=O) groups is 1. The van der Waals surface area contributed by atoms with E-state index in [0.717, 1.165) is 12.2 Å². The first-order chi connectivity index (χ1) is 8.49. The molecule has 3 nitrogen and oxygen atoms in total. The van der Waals surface area contributed by atoms with Gasteiger partial charge in [-0.3, -0.25) is 4.79 Å². The Bertz CT molecular complexity index is 413. The van der Waals surface area contributed by atoms with E-state index in [2.05, 4.69) is 5.32 Å². The lowest BCUT2D eigenvalue weighted by atomic mass is 10.3. The van der Waals surface area contributed by atoms with Crippen molar-refractivity contribution in [3.8, 4) is 0 Å². The molecule has 100 valence electrons. The third kappa shape index (κ3) is 5.96. The summed E-state index contributed by atoms with van der Waals surface area (Å²) in [5, 5.41) is 3.67. The van der Waals surface area contributed by atoms with Gasteiger partial charge in [-0.25, -0.2) is 0 Å². The second-order valence-corrected chi connectivity index (χ2v) is 5.92. The number of nitrogens with two attached hydrogens (primary N) is 1. The van der Waals surface area contributed by atoms with E-state index >= 15 is 0 Å². The van der Waals surface area contributed by atoms with Crippen LogP contribution in [0.3, 0.4) is 0 Å². The zero-order valence-corrected chi connectivity index (χ0v) is 12.4. The number of hydrogen-bond acceptors (Lipinski definition) is 3. The number of rotatable bonds is 6. The number of halogens is 2. The van der Waals surface area contributed by atoms with Crippen LogP contribution in [0.2, 0.25) is 10.0 Å². The Kier molecular flexibility index (Phi) is 6.86. The first kappa shape index (κ1) is 15.6. The molecule has 3 N–H and O–H groups in total. The van der Waals surface area contributed by atoms with E-state index in [0.29, 0.717) is 21.5 Å². The maximum atomic E-state index is 11.6. The van der Waals surface area contributed by atoms with Gasteiger partial charge in [-0.05, 0) is 37.3 Å². The van der Waals surface area contributed by atoms with E-state index in [1.54, 1.807) is 30.0 Å². The van der Waals surface area contributed by atoms with Crippen molar-refractivity contribution in [2.45, 2.75) is 19.4 Å². The number of carbonyl (C=O) groups excluding carboxylic acids is 1. The molecule has 0 saturated carbocycles. The summed E-state index contributed by atoms with van der Waals surface area (Å²) in [6, 6.07) is 5.19. The molecule has 1 aromatic rings. The van der Waals surface area contributed by atoms with Gasteiger partial charge in [0.2, 0.25) is 5.91 Å². The summed E-state index contributed by atoms with van der Waals surface area (Å²) in [6.07, 6.45) is 0.907. The van der Waals surface area contributed by atoms with Crippen molar-refractivity contribution in [1.82, 2.24) is 0 Å². The van der Waals surface area contributed by atoms with Crippen LogP contribution in [0, 0.1) is 0 Å². The minimum absolute atomic E-state index is 0.0527. The quantitative estimate of drug-likeness (QED) is 0.792. The van der Waals surface area contributed by atoms with Crippen LogP contribution < -0.4 is 11.1 Å². The van der Waals surface area contributed by atoms with E-state index < -0.39 is 0 Å². The predicted octanol–water partition coefficient (Wildman–Crippen LogP) is 3.40. The second kappa shape index (κ2) is 7.89. The van der Waals surface area contributed by atoms with Gasteiger partial charge >= 0.3 is 0 Å². The van der Waals surface area contributed by atoms with Crippen LogP contribution in [0.5, 0.6) is 0 Å². The number of anilines is 1. The number of amides is 1. The van der Waals surface area contributed by atoms with Gasteiger partial charge in [0.25, 0.3) is 0 Å². The fourth-order valence-electron chi connectivity index (χ4n) is 1.21. The lowest BCUT2D eigenvalue weighted by molar-refractivity contribution is -0.113. The standard InChI is InChI=1S/C12H16Cl2N2OS/c1-8(15)4-5-18-7-12(17)16-9-2-3-10(13)11(14)6-9/h2-3,6,8H,4-5,7,15H2,1H3,(H,16,17). The lowest BCUT2D eigenvalue weighted by Gasteiger charge is -2.07. The van der Waals surface area contributed by atoms with Crippen LogP contribution in [0.15, 0.2) is 18.2 Å². The van der Waals surface area contributed by atoms with Gasteiger partial charge < -0.3 is 11.1 Å². The SMILES string of the molecule is CC(N)CCSCC(=O)Nc1ccc(Cl)c(Cl)c1. The Labute approximate surface area is 121 Å². The molecule has 6 heteroatoms. The fourth-order valence-corrected chi connectivity index (χ4v) is 2.44. The number of hydrogen-bond donors (Lipinski definition) is 2. The second-order valence-electron chi connectivity index (χ2n) is 4.00. The molecular formula is C12H16Cl2N2OS. The summed E-state index contributed by atoms with van der Waals surface area (Å²) in [5.41, 5.74) is 6.28. The maximum absolute atomic E-state index is 11.6. The first-order valence-corrected chi connectivity index (χ1v) is 7.48. The van der Waals surface area contributed by atoms with E-state index in [9.17, 15) is 4.79 Å². The molecule has 0 aliphatic rings. The summed E-state index contributed by atoms with van der Waals surface area (Å²) in [4.78, 5) is 11.6. The van der Waals surface area contributed by atoms with Crippen LogP contribution in [-0.2, 0) is 4.79 Å². The van der Waals surface area contributed by atoms with Crippen molar-refractivity contribution in [2.24, 2.45) is 5.73 Å². The average molecular weight is 307 g/mol. The van der Waals surface area contributed by atoms with Gasteiger partial charge in [-0.2, -0.15) is 11.8 Å². The summed E-state index contributed by atoms with van der Waals surface area (Å²) in [5.74, 6) is 1.24. The summed E-state index contributed by atoms with van der Waals surface area (Å²) < 4.78 is 0. The molecule has 0 heterocycles. The number of nitrogens with one attached hydrogen (secondary N) is 1. The molecule has 1 amide bonds. The first-order valence-electron chi connectivity index (χ1n) is 5.57. The summed E-state index contributed by atoms with van der Waals surface area (Å²) in [6.45, 7) is 1.95. The molecule has 0 radical (unpaired) electrons. The molecule has 18 heavy (non-hydrogen) atoms.